The molecule has 1 fully saturated rings. The number of rotatable bonds is 5. The first-order valence-electron chi connectivity index (χ1n) is 4.52. The van der Waals surface area contributed by atoms with E-state index >= 15 is 0 Å². The highest BCUT2D eigenvalue weighted by atomic mass is 16.7. The van der Waals surface area contributed by atoms with Crippen LogP contribution in [0.1, 0.15) is 27.7 Å². The first-order valence-corrected chi connectivity index (χ1v) is 4.52. The van der Waals surface area contributed by atoms with Crippen molar-refractivity contribution < 1.29 is 14.2 Å². The fourth-order valence-corrected chi connectivity index (χ4v) is 0.957. The van der Waals surface area contributed by atoms with E-state index in [0.29, 0.717) is 0 Å². The van der Waals surface area contributed by atoms with E-state index in [1.165, 1.54) is 0 Å². The molecule has 0 amide bonds. The Balaban J connectivity index is 2.27. The summed E-state index contributed by atoms with van der Waals surface area (Å²) < 4.78 is 16.2. The monoisotopic (exact) mass is 174 g/mol. The van der Waals surface area contributed by atoms with Crippen molar-refractivity contribution in [3.63, 3.8) is 0 Å². The van der Waals surface area contributed by atoms with E-state index in [-0.39, 0.29) is 24.6 Å². The smallest absolute Gasteiger partial charge is 0.186 e. The van der Waals surface area contributed by atoms with Gasteiger partial charge in [0.25, 0.3) is 0 Å². The Bertz CT molecular complexity index is 120. The van der Waals surface area contributed by atoms with Crippen LogP contribution < -0.4 is 0 Å². The largest absolute Gasteiger partial charge is 0.368 e. The Kier molecular flexibility index (Phi) is 3.50. The molecule has 1 atom stereocenters. The second kappa shape index (κ2) is 4.21. The molecular formula is C9H18O3. The van der Waals surface area contributed by atoms with Crippen molar-refractivity contribution in [2.24, 2.45) is 0 Å². The normalized spacial score (nSPS) is 22.8. The molecule has 0 aromatic heterocycles. The summed E-state index contributed by atoms with van der Waals surface area (Å²) >= 11 is 0. The molecule has 0 unspecified atom stereocenters. The molecule has 0 radical (unpaired) electrons. The maximum atomic E-state index is 5.54. The van der Waals surface area contributed by atoms with Crippen LogP contribution in [0.15, 0.2) is 0 Å². The number of ether oxygens (including phenoxy) is 3. The molecule has 0 aromatic carbocycles. The van der Waals surface area contributed by atoms with E-state index < -0.39 is 0 Å². The molecule has 0 aliphatic carbocycles. The van der Waals surface area contributed by atoms with E-state index in [1.54, 1.807) is 0 Å². The Labute approximate surface area is 74.0 Å². The lowest BCUT2D eigenvalue weighted by molar-refractivity contribution is -0.189. The predicted octanol–water partition coefficient (Wildman–Crippen LogP) is 1.56. The highest BCUT2D eigenvalue weighted by molar-refractivity contribution is 4.74. The maximum Gasteiger partial charge on any atom is 0.186 e. The highest BCUT2D eigenvalue weighted by Crippen LogP contribution is 2.20. The van der Waals surface area contributed by atoms with Gasteiger partial charge in [0, 0.05) is 0 Å². The van der Waals surface area contributed by atoms with E-state index in [1.807, 2.05) is 27.7 Å². The zero-order chi connectivity index (χ0) is 9.14. The minimum absolute atomic E-state index is 0.162. The standard InChI is InChI=1S/C9H18O3/c1-6(2)11-9(8-5-10-8)12-7(3)4/h6-9H,5H2,1-4H3/t8-/m1/s1. The van der Waals surface area contributed by atoms with Crippen molar-refractivity contribution in [2.75, 3.05) is 6.61 Å². The second-order valence-electron chi connectivity index (χ2n) is 3.61. The lowest BCUT2D eigenvalue weighted by atomic mass is 10.4. The summed E-state index contributed by atoms with van der Waals surface area (Å²) in [5.74, 6) is 0. The van der Waals surface area contributed by atoms with Crippen molar-refractivity contribution in [2.45, 2.75) is 52.3 Å². The molecule has 0 spiro atoms. The van der Waals surface area contributed by atoms with Crippen LogP contribution in [0.5, 0.6) is 0 Å². The third-order valence-electron chi connectivity index (χ3n) is 1.48. The van der Waals surface area contributed by atoms with Crippen LogP contribution in [0.4, 0.5) is 0 Å². The van der Waals surface area contributed by atoms with Gasteiger partial charge in [-0.15, -0.1) is 0 Å². The average Bonchev–Trinajstić information content (AvgIpc) is 2.63. The van der Waals surface area contributed by atoms with Crippen LogP contribution in [0.25, 0.3) is 0 Å². The molecule has 0 aromatic rings. The van der Waals surface area contributed by atoms with Crippen LogP contribution in [0.3, 0.4) is 0 Å². The zero-order valence-corrected chi connectivity index (χ0v) is 8.24. The van der Waals surface area contributed by atoms with Crippen molar-refractivity contribution in [3.8, 4) is 0 Å². The van der Waals surface area contributed by atoms with Crippen LogP contribution in [0.2, 0.25) is 0 Å². The van der Waals surface area contributed by atoms with Gasteiger partial charge in [-0.1, -0.05) is 0 Å². The van der Waals surface area contributed by atoms with Gasteiger partial charge >= 0.3 is 0 Å². The predicted molar refractivity (Wildman–Crippen MR) is 46.0 cm³/mol. The third kappa shape index (κ3) is 3.52. The fourth-order valence-electron chi connectivity index (χ4n) is 0.957. The molecule has 1 saturated heterocycles. The molecule has 1 heterocycles. The second-order valence-corrected chi connectivity index (χ2v) is 3.61. The van der Waals surface area contributed by atoms with Gasteiger partial charge in [0.15, 0.2) is 6.29 Å². The molecule has 72 valence electrons. The van der Waals surface area contributed by atoms with Crippen molar-refractivity contribution in [3.05, 3.63) is 0 Å². The molecule has 3 heteroatoms. The molecule has 3 nitrogen and oxygen atoms in total. The molecule has 1 aliphatic heterocycles. The summed E-state index contributed by atoms with van der Waals surface area (Å²) in [5, 5.41) is 0. The van der Waals surface area contributed by atoms with E-state index in [0.717, 1.165) is 6.61 Å². The average molecular weight is 174 g/mol. The van der Waals surface area contributed by atoms with Gasteiger partial charge in [-0.25, -0.2) is 0 Å². The molecule has 1 rings (SSSR count). The third-order valence-corrected chi connectivity index (χ3v) is 1.48. The highest BCUT2D eigenvalue weighted by Gasteiger charge is 2.35. The van der Waals surface area contributed by atoms with Gasteiger partial charge in [0.2, 0.25) is 0 Å². The summed E-state index contributed by atoms with van der Waals surface area (Å²) in [5.41, 5.74) is 0. The molecule has 1 aliphatic rings. The molecule has 0 saturated carbocycles. The topological polar surface area (TPSA) is 31.0 Å². The van der Waals surface area contributed by atoms with Gasteiger partial charge in [0.1, 0.15) is 6.10 Å². The van der Waals surface area contributed by atoms with E-state index in [9.17, 15) is 0 Å². The molecule has 0 N–H and O–H groups in total. The van der Waals surface area contributed by atoms with E-state index in [4.69, 9.17) is 14.2 Å². The summed E-state index contributed by atoms with van der Waals surface area (Å²) in [7, 11) is 0. The van der Waals surface area contributed by atoms with Crippen LogP contribution in [0, 0.1) is 0 Å². The van der Waals surface area contributed by atoms with Gasteiger partial charge in [-0.3, -0.25) is 0 Å². The van der Waals surface area contributed by atoms with Crippen LogP contribution in [-0.4, -0.2) is 31.2 Å². The number of epoxide rings is 1. The van der Waals surface area contributed by atoms with Crippen LogP contribution >= 0.6 is 0 Å². The SMILES string of the molecule is CC(C)OC(OC(C)C)[C@H]1CO1. The number of hydrogen-bond donors (Lipinski definition) is 0. The fraction of sp³-hybridized carbons (Fsp3) is 1.00. The molecular weight excluding hydrogens is 156 g/mol. The lowest BCUT2D eigenvalue weighted by Crippen LogP contribution is -2.29. The minimum atomic E-state index is -0.176. The Morgan fingerprint density at radius 3 is 1.75 bits per heavy atom. The van der Waals surface area contributed by atoms with Crippen LogP contribution in [-0.2, 0) is 14.2 Å². The van der Waals surface area contributed by atoms with Gasteiger partial charge in [-0.05, 0) is 27.7 Å². The summed E-state index contributed by atoms with van der Waals surface area (Å²) in [4.78, 5) is 0. The zero-order valence-electron chi connectivity index (χ0n) is 8.24. The first-order chi connectivity index (χ1) is 5.59. The van der Waals surface area contributed by atoms with Crippen molar-refractivity contribution in [1.82, 2.24) is 0 Å². The molecule has 12 heavy (non-hydrogen) atoms. The summed E-state index contributed by atoms with van der Waals surface area (Å²) in [6.07, 6.45) is 0.371. The van der Waals surface area contributed by atoms with Gasteiger partial charge in [-0.2, -0.15) is 0 Å². The van der Waals surface area contributed by atoms with Gasteiger partial charge in [0.05, 0.1) is 18.8 Å². The Hall–Kier alpha value is -0.120. The summed E-state index contributed by atoms with van der Waals surface area (Å²) in [6, 6.07) is 0. The quantitative estimate of drug-likeness (QED) is 0.468. The number of hydrogen-bond acceptors (Lipinski definition) is 3. The van der Waals surface area contributed by atoms with Crippen molar-refractivity contribution in [1.29, 1.82) is 0 Å². The Morgan fingerprint density at radius 1 is 1.08 bits per heavy atom. The lowest BCUT2D eigenvalue weighted by Gasteiger charge is -2.21. The van der Waals surface area contributed by atoms with E-state index in [2.05, 4.69) is 0 Å². The molecule has 0 bridgehead atoms. The Morgan fingerprint density at radius 2 is 1.50 bits per heavy atom. The minimum Gasteiger partial charge on any atom is -0.368 e. The van der Waals surface area contributed by atoms with Crippen molar-refractivity contribution >= 4 is 0 Å². The van der Waals surface area contributed by atoms with Gasteiger partial charge < -0.3 is 14.2 Å². The first kappa shape index (κ1) is 9.96. The maximum absolute atomic E-state index is 5.54. The summed E-state index contributed by atoms with van der Waals surface area (Å²) in [6.45, 7) is 8.76.